The lowest BCUT2D eigenvalue weighted by Gasteiger charge is -2.34. The van der Waals surface area contributed by atoms with Crippen LogP contribution in [0, 0.1) is 17.0 Å². The summed E-state index contributed by atoms with van der Waals surface area (Å²) in [5, 5.41) is 13.0. The first-order valence-electron chi connectivity index (χ1n) is 10.5. The molecule has 7 nitrogen and oxygen atoms in total. The predicted octanol–water partition coefficient (Wildman–Crippen LogP) is 4.80. The number of anilines is 1. The average molecular weight is 415 g/mol. The van der Waals surface area contributed by atoms with E-state index in [0.717, 1.165) is 59.5 Å². The lowest BCUT2D eigenvalue weighted by atomic mass is 9.96. The Morgan fingerprint density at radius 2 is 1.68 bits per heavy atom. The summed E-state index contributed by atoms with van der Waals surface area (Å²) in [4.78, 5) is 22.7. The minimum absolute atomic E-state index is 0.120. The second-order valence-electron chi connectivity index (χ2n) is 8.23. The molecule has 1 fully saturated rings. The standard InChI is InChI=1S/C24H25N5O2/c1-16-4-3-5-18-22(15-26-24(16)18)21-14-25-13-20(21)19-12-17(6-7-23(19)29(30)31)28-10-8-27(2)9-11-28/h3-7,12-15,25-26H,8-11H2,1-2H3. The number of likely N-dealkylation sites (N-methyl/N-ethyl adjacent to an activating group) is 1. The summed E-state index contributed by atoms with van der Waals surface area (Å²) in [6, 6.07) is 11.7. The van der Waals surface area contributed by atoms with Crippen molar-refractivity contribution in [2.75, 3.05) is 38.1 Å². The topological polar surface area (TPSA) is 81.2 Å². The van der Waals surface area contributed by atoms with E-state index in [0.29, 0.717) is 5.56 Å². The van der Waals surface area contributed by atoms with Crippen molar-refractivity contribution in [3.63, 3.8) is 0 Å². The van der Waals surface area contributed by atoms with Crippen LogP contribution in [0.25, 0.3) is 33.2 Å². The van der Waals surface area contributed by atoms with Gasteiger partial charge in [0, 0.05) is 84.1 Å². The smallest absolute Gasteiger partial charge is 0.277 e. The van der Waals surface area contributed by atoms with Crippen molar-refractivity contribution in [3.8, 4) is 22.3 Å². The van der Waals surface area contributed by atoms with Gasteiger partial charge in [0.2, 0.25) is 0 Å². The van der Waals surface area contributed by atoms with Crippen LogP contribution < -0.4 is 4.90 Å². The summed E-state index contributed by atoms with van der Waals surface area (Å²) in [6.45, 7) is 5.86. The highest BCUT2D eigenvalue weighted by atomic mass is 16.6. The fourth-order valence-corrected chi connectivity index (χ4v) is 4.50. The highest BCUT2D eigenvalue weighted by molar-refractivity contribution is 6.01. The summed E-state index contributed by atoms with van der Waals surface area (Å²) >= 11 is 0. The number of piperazine rings is 1. The fraction of sp³-hybridized carbons (Fsp3) is 0.250. The van der Waals surface area contributed by atoms with Gasteiger partial charge >= 0.3 is 0 Å². The number of hydrogen-bond acceptors (Lipinski definition) is 4. The van der Waals surface area contributed by atoms with Crippen LogP contribution in [0.15, 0.2) is 55.0 Å². The quantitative estimate of drug-likeness (QED) is 0.371. The first kappa shape index (κ1) is 19.4. The number of aromatic amines is 2. The van der Waals surface area contributed by atoms with Crippen molar-refractivity contribution >= 4 is 22.3 Å². The highest BCUT2D eigenvalue weighted by Gasteiger charge is 2.23. The van der Waals surface area contributed by atoms with Gasteiger partial charge in [-0.05, 0) is 31.7 Å². The molecule has 0 saturated carbocycles. The van der Waals surface area contributed by atoms with Gasteiger partial charge < -0.3 is 19.8 Å². The molecule has 1 aliphatic rings. The first-order chi connectivity index (χ1) is 15.0. The van der Waals surface area contributed by atoms with Crippen LogP contribution in [-0.2, 0) is 0 Å². The number of fused-ring (bicyclic) bond motifs is 1. The molecule has 5 rings (SSSR count). The Kier molecular flexibility index (Phi) is 4.75. The van der Waals surface area contributed by atoms with E-state index >= 15 is 0 Å². The lowest BCUT2D eigenvalue weighted by Crippen LogP contribution is -2.44. The Balaban J connectivity index is 1.64. The molecule has 1 saturated heterocycles. The van der Waals surface area contributed by atoms with Gasteiger partial charge in [0.25, 0.3) is 5.69 Å². The maximum absolute atomic E-state index is 11.9. The number of hydrogen-bond donors (Lipinski definition) is 2. The van der Waals surface area contributed by atoms with Crippen molar-refractivity contribution < 1.29 is 4.92 Å². The molecule has 0 atom stereocenters. The number of benzene rings is 2. The van der Waals surface area contributed by atoms with Crippen molar-refractivity contribution in [3.05, 3.63) is 70.7 Å². The van der Waals surface area contributed by atoms with Crippen molar-refractivity contribution in [1.82, 2.24) is 14.9 Å². The first-order valence-corrected chi connectivity index (χ1v) is 10.5. The summed E-state index contributed by atoms with van der Waals surface area (Å²) in [5.74, 6) is 0. The minimum atomic E-state index is -0.292. The van der Waals surface area contributed by atoms with E-state index < -0.39 is 0 Å². The van der Waals surface area contributed by atoms with Gasteiger partial charge in [-0.15, -0.1) is 0 Å². The average Bonchev–Trinajstić information content (AvgIpc) is 3.41. The molecule has 4 aromatic rings. The maximum Gasteiger partial charge on any atom is 0.277 e. The molecule has 0 unspecified atom stereocenters. The number of nitro benzene ring substituents is 1. The zero-order valence-corrected chi connectivity index (χ0v) is 17.7. The Morgan fingerprint density at radius 3 is 2.42 bits per heavy atom. The second-order valence-corrected chi connectivity index (χ2v) is 8.23. The van der Waals surface area contributed by atoms with Crippen LogP contribution in [0.2, 0.25) is 0 Å². The number of para-hydroxylation sites is 1. The van der Waals surface area contributed by atoms with Crippen LogP contribution >= 0.6 is 0 Å². The van der Waals surface area contributed by atoms with Gasteiger partial charge in [-0.2, -0.15) is 0 Å². The van der Waals surface area contributed by atoms with Crippen molar-refractivity contribution in [2.24, 2.45) is 0 Å². The molecule has 31 heavy (non-hydrogen) atoms. The summed E-state index contributed by atoms with van der Waals surface area (Å²) in [5.41, 5.74) is 6.87. The summed E-state index contributed by atoms with van der Waals surface area (Å²) < 4.78 is 0. The molecule has 0 aliphatic carbocycles. The number of nitro groups is 1. The molecule has 2 aromatic carbocycles. The molecular formula is C24H25N5O2. The number of nitrogens with zero attached hydrogens (tertiary/aromatic N) is 3. The van der Waals surface area contributed by atoms with Gasteiger partial charge in [-0.25, -0.2) is 0 Å². The largest absolute Gasteiger partial charge is 0.369 e. The predicted molar refractivity (Wildman–Crippen MR) is 125 cm³/mol. The van der Waals surface area contributed by atoms with E-state index in [1.54, 1.807) is 6.07 Å². The fourth-order valence-electron chi connectivity index (χ4n) is 4.50. The molecule has 0 spiro atoms. The molecule has 1 aliphatic heterocycles. The SMILES string of the molecule is Cc1cccc2c(-c3c[nH]cc3-c3cc(N4CCN(C)CC4)ccc3[N+](=O)[O-])c[nH]c12. The number of H-pyrrole nitrogens is 2. The zero-order chi connectivity index (χ0) is 21.5. The Bertz CT molecular complexity index is 1260. The molecule has 158 valence electrons. The molecular weight excluding hydrogens is 390 g/mol. The zero-order valence-electron chi connectivity index (χ0n) is 17.7. The second kappa shape index (κ2) is 7.59. The summed E-state index contributed by atoms with van der Waals surface area (Å²) in [6.07, 6.45) is 5.77. The molecule has 7 heteroatoms. The molecule has 3 heterocycles. The molecule has 0 amide bonds. The Labute approximate surface area is 180 Å². The number of aryl methyl sites for hydroxylation is 1. The van der Waals surface area contributed by atoms with E-state index in [1.807, 2.05) is 36.8 Å². The highest BCUT2D eigenvalue weighted by Crippen LogP contribution is 2.41. The maximum atomic E-state index is 11.9. The van der Waals surface area contributed by atoms with Crippen LogP contribution in [0.1, 0.15) is 5.56 Å². The molecule has 0 bridgehead atoms. The van der Waals surface area contributed by atoms with Crippen LogP contribution in [-0.4, -0.2) is 53.0 Å². The van der Waals surface area contributed by atoms with Gasteiger partial charge in [0.05, 0.1) is 10.5 Å². The number of rotatable bonds is 4. The Hall–Kier alpha value is -3.58. The lowest BCUT2D eigenvalue weighted by molar-refractivity contribution is -0.384. The third-order valence-electron chi connectivity index (χ3n) is 6.29. The van der Waals surface area contributed by atoms with Crippen molar-refractivity contribution in [1.29, 1.82) is 0 Å². The molecule has 0 radical (unpaired) electrons. The van der Waals surface area contributed by atoms with Gasteiger partial charge in [-0.1, -0.05) is 18.2 Å². The molecule has 2 aromatic heterocycles. The van der Waals surface area contributed by atoms with Crippen LogP contribution in [0.4, 0.5) is 11.4 Å². The van der Waals surface area contributed by atoms with Crippen LogP contribution in [0.5, 0.6) is 0 Å². The third-order valence-corrected chi connectivity index (χ3v) is 6.29. The van der Waals surface area contributed by atoms with E-state index in [-0.39, 0.29) is 10.6 Å². The Morgan fingerprint density at radius 1 is 0.935 bits per heavy atom. The monoisotopic (exact) mass is 415 g/mol. The molecule has 2 N–H and O–H groups in total. The third kappa shape index (κ3) is 3.37. The van der Waals surface area contributed by atoms with Gasteiger partial charge in [-0.3, -0.25) is 10.1 Å². The van der Waals surface area contributed by atoms with Gasteiger partial charge in [0.1, 0.15) is 0 Å². The van der Waals surface area contributed by atoms with E-state index in [4.69, 9.17) is 0 Å². The number of aromatic nitrogens is 2. The summed E-state index contributed by atoms with van der Waals surface area (Å²) in [7, 11) is 2.12. The van der Waals surface area contributed by atoms with Crippen LogP contribution in [0.3, 0.4) is 0 Å². The van der Waals surface area contributed by atoms with E-state index in [1.165, 1.54) is 5.56 Å². The number of nitrogens with one attached hydrogen (secondary N) is 2. The van der Waals surface area contributed by atoms with E-state index in [9.17, 15) is 10.1 Å². The van der Waals surface area contributed by atoms with Crippen molar-refractivity contribution in [2.45, 2.75) is 6.92 Å². The van der Waals surface area contributed by atoms with Gasteiger partial charge in [0.15, 0.2) is 0 Å². The normalized spacial score (nSPS) is 15.0. The van der Waals surface area contributed by atoms with E-state index in [2.05, 4.69) is 45.9 Å². The minimum Gasteiger partial charge on any atom is -0.369 e.